The Morgan fingerprint density at radius 3 is 2.45 bits per heavy atom. The van der Waals surface area contributed by atoms with Gasteiger partial charge in [0, 0.05) is 26.2 Å². The van der Waals surface area contributed by atoms with Gasteiger partial charge in [0.1, 0.15) is 0 Å². The molecule has 2 aliphatic rings. The lowest BCUT2D eigenvalue weighted by molar-refractivity contribution is -0.149. The molecule has 1 aliphatic carbocycles. The van der Waals surface area contributed by atoms with Gasteiger partial charge in [0.25, 0.3) is 0 Å². The van der Waals surface area contributed by atoms with Gasteiger partial charge in [-0.15, -0.1) is 0 Å². The lowest BCUT2D eigenvalue weighted by Crippen LogP contribution is -2.41. The Bertz CT molecular complexity index is 361. The highest BCUT2D eigenvalue weighted by molar-refractivity contribution is 5.85. The van der Waals surface area contributed by atoms with Crippen molar-refractivity contribution in [2.45, 2.75) is 25.7 Å². The predicted molar refractivity (Wildman–Crippen MR) is 73.2 cm³/mol. The summed E-state index contributed by atoms with van der Waals surface area (Å²) in [5, 5.41) is 18.2. The molecule has 2 atom stereocenters. The van der Waals surface area contributed by atoms with E-state index in [0.29, 0.717) is 32.5 Å². The van der Waals surface area contributed by atoms with Gasteiger partial charge in [-0.1, -0.05) is 6.42 Å². The SMILES string of the molecule is O=C(O)C1CCCC1C(=O)N1CCCN(CCO)CC1. The molecule has 2 N–H and O–H groups in total. The first kappa shape index (κ1) is 15.3. The summed E-state index contributed by atoms with van der Waals surface area (Å²) < 4.78 is 0. The van der Waals surface area contributed by atoms with Crippen molar-refractivity contribution in [1.82, 2.24) is 9.80 Å². The first-order valence-electron chi connectivity index (χ1n) is 7.48. The summed E-state index contributed by atoms with van der Waals surface area (Å²) in [5.41, 5.74) is 0. The Hall–Kier alpha value is -1.14. The number of β-amino-alcohol motifs (C(OH)–C–C–N with tert-alkyl or cyclic N) is 1. The monoisotopic (exact) mass is 284 g/mol. The van der Waals surface area contributed by atoms with Crippen molar-refractivity contribution >= 4 is 11.9 Å². The van der Waals surface area contributed by atoms with Crippen molar-refractivity contribution in [2.75, 3.05) is 39.3 Å². The minimum atomic E-state index is -0.836. The van der Waals surface area contributed by atoms with Crippen LogP contribution in [0.1, 0.15) is 25.7 Å². The van der Waals surface area contributed by atoms with E-state index in [1.807, 2.05) is 4.90 Å². The molecular weight excluding hydrogens is 260 g/mol. The number of carbonyl (C=O) groups excluding carboxylic acids is 1. The van der Waals surface area contributed by atoms with Crippen LogP contribution in [0.25, 0.3) is 0 Å². The molecule has 0 spiro atoms. The topological polar surface area (TPSA) is 81.1 Å². The highest BCUT2D eigenvalue weighted by Gasteiger charge is 2.39. The number of aliphatic hydroxyl groups excluding tert-OH is 1. The van der Waals surface area contributed by atoms with Crippen LogP contribution in [0.3, 0.4) is 0 Å². The van der Waals surface area contributed by atoms with Crippen LogP contribution in [0.15, 0.2) is 0 Å². The zero-order valence-corrected chi connectivity index (χ0v) is 11.8. The van der Waals surface area contributed by atoms with Crippen LogP contribution in [0, 0.1) is 11.8 Å². The second kappa shape index (κ2) is 7.04. The summed E-state index contributed by atoms with van der Waals surface area (Å²) >= 11 is 0. The first-order valence-corrected chi connectivity index (χ1v) is 7.48. The van der Waals surface area contributed by atoms with Gasteiger partial charge in [0.15, 0.2) is 0 Å². The lowest BCUT2D eigenvalue weighted by Gasteiger charge is -2.26. The van der Waals surface area contributed by atoms with E-state index in [-0.39, 0.29) is 18.4 Å². The minimum absolute atomic E-state index is 0.0146. The maximum atomic E-state index is 12.5. The molecular formula is C14H24N2O4. The molecule has 2 unspecified atom stereocenters. The molecule has 2 fully saturated rings. The van der Waals surface area contributed by atoms with E-state index < -0.39 is 11.9 Å². The number of carbonyl (C=O) groups is 2. The van der Waals surface area contributed by atoms with Crippen molar-refractivity contribution < 1.29 is 19.8 Å². The van der Waals surface area contributed by atoms with Crippen LogP contribution in [-0.4, -0.2) is 71.2 Å². The standard InChI is InChI=1S/C14H24N2O4/c17-10-9-15-5-2-6-16(8-7-15)13(18)11-3-1-4-12(11)14(19)20/h11-12,17H,1-10H2,(H,19,20). The van der Waals surface area contributed by atoms with E-state index in [0.717, 1.165) is 25.9 Å². The van der Waals surface area contributed by atoms with E-state index in [4.69, 9.17) is 5.11 Å². The number of aliphatic carboxylic acids is 1. The maximum Gasteiger partial charge on any atom is 0.307 e. The van der Waals surface area contributed by atoms with Gasteiger partial charge in [-0.2, -0.15) is 0 Å². The van der Waals surface area contributed by atoms with E-state index in [2.05, 4.69) is 4.90 Å². The second-order valence-electron chi connectivity index (χ2n) is 5.73. The molecule has 114 valence electrons. The summed E-state index contributed by atoms with van der Waals surface area (Å²) in [7, 11) is 0. The molecule has 0 aromatic heterocycles. The highest BCUT2D eigenvalue weighted by atomic mass is 16.4. The molecule has 20 heavy (non-hydrogen) atoms. The summed E-state index contributed by atoms with van der Waals surface area (Å²) in [4.78, 5) is 27.7. The summed E-state index contributed by atoms with van der Waals surface area (Å²) in [5.74, 6) is -1.66. The normalized spacial score (nSPS) is 28.4. The van der Waals surface area contributed by atoms with E-state index in [9.17, 15) is 14.7 Å². The van der Waals surface area contributed by atoms with Gasteiger partial charge in [0.2, 0.25) is 5.91 Å². The van der Waals surface area contributed by atoms with Gasteiger partial charge in [-0.25, -0.2) is 0 Å². The van der Waals surface area contributed by atoms with Crippen LogP contribution in [0.4, 0.5) is 0 Å². The Balaban J connectivity index is 1.93. The third kappa shape index (κ3) is 3.49. The van der Waals surface area contributed by atoms with Crippen LogP contribution in [0.5, 0.6) is 0 Å². The highest BCUT2D eigenvalue weighted by Crippen LogP contribution is 2.33. The van der Waals surface area contributed by atoms with Crippen LogP contribution >= 0.6 is 0 Å². The van der Waals surface area contributed by atoms with Crippen molar-refractivity contribution in [3.63, 3.8) is 0 Å². The molecule has 1 saturated heterocycles. The number of amides is 1. The molecule has 0 radical (unpaired) electrons. The Kier molecular flexibility index (Phi) is 5.37. The minimum Gasteiger partial charge on any atom is -0.481 e. The van der Waals surface area contributed by atoms with Gasteiger partial charge in [-0.05, 0) is 25.8 Å². The van der Waals surface area contributed by atoms with Gasteiger partial charge in [-0.3, -0.25) is 14.5 Å². The molecule has 1 aliphatic heterocycles. The number of hydrogen-bond donors (Lipinski definition) is 2. The van der Waals surface area contributed by atoms with Crippen LogP contribution in [0.2, 0.25) is 0 Å². The largest absolute Gasteiger partial charge is 0.481 e. The number of nitrogens with zero attached hydrogens (tertiary/aromatic N) is 2. The van der Waals surface area contributed by atoms with Crippen molar-refractivity contribution in [2.24, 2.45) is 11.8 Å². The van der Waals surface area contributed by atoms with E-state index in [1.165, 1.54) is 0 Å². The zero-order chi connectivity index (χ0) is 14.5. The van der Waals surface area contributed by atoms with Crippen molar-refractivity contribution in [3.8, 4) is 0 Å². The lowest BCUT2D eigenvalue weighted by atomic mass is 9.94. The molecule has 1 heterocycles. The smallest absolute Gasteiger partial charge is 0.307 e. The number of hydrogen-bond acceptors (Lipinski definition) is 4. The number of rotatable bonds is 4. The molecule has 6 nitrogen and oxygen atoms in total. The quantitative estimate of drug-likeness (QED) is 0.760. The molecule has 2 rings (SSSR count). The summed E-state index contributed by atoms with van der Waals surface area (Å²) in [6.07, 6.45) is 3.04. The molecule has 0 aromatic carbocycles. The van der Waals surface area contributed by atoms with Gasteiger partial charge < -0.3 is 15.1 Å². The molecule has 1 amide bonds. The van der Waals surface area contributed by atoms with E-state index >= 15 is 0 Å². The fourth-order valence-electron chi connectivity index (χ4n) is 3.34. The van der Waals surface area contributed by atoms with Gasteiger partial charge in [0.05, 0.1) is 18.4 Å². The average Bonchev–Trinajstić information content (AvgIpc) is 2.80. The Morgan fingerprint density at radius 1 is 1.00 bits per heavy atom. The molecule has 0 bridgehead atoms. The average molecular weight is 284 g/mol. The fourth-order valence-corrected chi connectivity index (χ4v) is 3.34. The second-order valence-corrected chi connectivity index (χ2v) is 5.73. The Morgan fingerprint density at radius 2 is 1.75 bits per heavy atom. The Labute approximate surface area is 119 Å². The van der Waals surface area contributed by atoms with Gasteiger partial charge >= 0.3 is 5.97 Å². The number of carboxylic acid groups (broad SMARTS) is 1. The van der Waals surface area contributed by atoms with Crippen molar-refractivity contribution in [1.29, 1.82) is 0 Å². The van der Waals surface area contributed by atoms with Crippen molar-refractivity contribution in [3.05, 3.63) is 0 Å². The maximum absolute atomic E-state index is 12.5. The third-order valence-corrected chi connectivity index (χ3v) is 4.47. The summed E-state index contributed by atoms with van der Waals surface area (Å²) in [6, 6.07) is 0. The predicted octanol–water partition coefficient (Wildman–Crippen LogP) is 0.0139. The fraction of sp³-hybridized carbons (Fsp3) is 0.857. The van der Waals surface area contributed by atoms with Crippen LogP contribution < -0.4 is 0 Å². The van der Waals surface area contributed by atoms with Crippen LogP contribution in [-0.2, 0) is 9.59 Å². The summed E-state index contributed by atoms with van der Waals surface area (Å²) in [6.45, 7) is 3.76. The van der Waals surface area contributed by atoms with E-state index in [1.54, 1.807) is 0 Å². The molecule has 0 aromatic rings. The molecule has 6 heteroatoms. The first-order chi connectivity index (χ1) is 9.63. The molecule has 1 saturated carbocycles. The number of carboxylic acids is 1. The zero-order valence-electron chi connectivity index (χ0n) is 11.8. The number of aliphatic hydroxyl groups is 1. The third-order valence-electron chi connectivity index (χ3n) is 4.47.